The van der Waals surface area contributed by atoms with Crippen molar-refractivity contribution in [2.75, 3.05) is 13.2 Å². The van der Waals surface area contributed by atoms with Gasteiger partial charge in [0.05, 0.1) is 5.56 Å². The van der Waals surface area contributed by atoms with Gasteiger partial charge in [0.25, 0.3) is 0 Å². The zero-order chi connectivity index (χ0) is 15.1. The Morgan fingerprint density at radius 3 is 1.89 bits per heavy atom. The minimum atomic E-state index is -1.77. The van der Waals surface area contributed by atoms with E-state index >= 15 is 0 Å². The van der Waals surface area contributed by atoms with Gasteiger partial charge in [0.2, 0.25) is 0 Å². The second-order valence-corrected chi connectivity index (χ2v) is 4.82. The molecule has 9 heteroatoms. The van der Waals surface area contributed by atoms with Crippen molar-refractivity contribution in [3.05, 3.63) is 39.9 Å². The summed E-state index contributed by atoms with van der Waals surface area (Å²) in [4.78, 5) is 19.4. The number of aromatic carboxylic acids is 1. The maximum absolute atomic E-state index is 10.2. The minimum absolute atomic E-state index is 0.0741. The van der Waals surface area contributed by atoms with Gasteiger partial charge in [-0.15, -0.1) is 0 Å². The number of carboxylic acids is 1. The molecule has 0 unspecified atom stereocenters. The molecule has 0 bridgehead atoms. The van der Waals surface area contributed by atoms with Crippen molar-refractivity contribution in [3.8, 4) is 5.75 Å². The number of hydrogen-bond donors (Lipinski definition) is 4. The topological polar surface area (TPSA) is 141 Å². The van der Waals surface area contributed by atoms with Crippen LogP contribution < -0.4 is 0 Å². The Hall–Kier alpha value is -1.71. The van der Waals surface area contributed by atoms with Crippen molar-refractivity contribution in [2.45, 2.75) is 4.45 Å². The molecule has 0 radical (unpaired) electrons. The SMILES string of the molecule is O=C(O)c1ccc(O)cc1.O=[N+]([O-])C(Br)(CO)CO. The number of rotatable bonds is 4. The molecule has 8 nitrogen and oxygen atoms in total. The van der Waals surface area contributed by atoms with Crippen LogP contribution in [0.1, 0.15) is 10.4 Å². The van der Waals surface area contributed by atoms with Crippen LogP contribution in [0, 0.1) is 10.1 Å². The Morgan fingerprint density at radius 1 is 1.26 bits per heavy atom. The Balaban J connectivity index is 0.000000344. The highest BCUT2D eigenvalue weighted by atomic mass is 79.9. The molecule has 1 aromatic carbocycles. The molecule has 4 N–H and O–H groups in total. The first-order valence-electron chi connectivity index (χ1n) is 4.84. The lowest BCUT2D eigenvalue weighted by molar-refractivity contribution is -0.542. The summed E-state index contributed by atoms with van der Waals surface area (Å²) >= 11 is 2.55. The maximum Gasteiger partial charge on any atom is 0.335 e. The fourth-order valence-corrected chi connectivity index (χ4v) is 0.769. The molecule has 0 spiro atoms. The molecule has 1 aromatic rings. The molecule has 0 amide bonds. The van der Waals surface area contributed by atoms with Crippen molar-refractivity contribution >= 4 is 21.9 Å². The molecule has 0 aliphatic rings. The Labute approximate surface area is 116 Å². The Kier molecular flexibility index (Phi) is 6.98. The second-order valence-electron chi connectivity index (χ2n) is 3.34. The van der Waals surface area contributed by atoms with E-state index in [1.54, 1.807) is 0 Å². The number of halogens is 1. The number of aliphatic hydroxyl groups is 2. The normalized spacial score (nSPS) is 10.3. The number of nitro groups is 1. The number of aliphatic hydroxyl groups excluding tert-OH is 2. The second kappa shape index (κ2) is 7.67. The summed E-state index contributed by atoms with van der Waals surface area (Å²) in [5.41, 5.74) is 0.179. The lowest BCUT2D eigenvalue weighted by Gasteiger charge is -2.11. The van der Waals surface area contributed by atoms with Crippen molar-refractivity contribution in [1.82, 2.24) is 0 Å². The molecule has 0 aliphatic heterocycles. The van der Waals surface area contributed by atoms with Crippen LogP contribution in [-0.4, -0.2) is 49.0 Å². The van der Waals surface area contributed by atoms with Crippen molar-refractivity contribution in [2.24, 2.45) is 0 Å². The zero-order valence-corrected chi connectivity index (χ0v) is 11.1. The largest absolute Gasteiger partial charge is 0.508 e. The smallest absolute Gasteiger partial charge is 0.335 e. The van der Waals surface area contributed by atoms with Crippen LogP contribution in [0.25, 0.3) is 0 Å². The number of carbonyl (C=O) groups is 1. The predicted molar refractivity (Wildman–Crippen MR) is 67.9 cm³/mol. The molecule has 0 atom stereocenters. The first kappa shape index (κ1) is 17.3. The average molecular weight is 338 g/mol. The van der Waals surface area contributed by atoms with Gasteiger partial charge in [0.1, 0.15) is 19.0 Å². The number of phenolic OH excluding ortho intramolecular Hbond substituents is 1. The van der Waals surface area contributed by atoms with E-state index in [0.717, 1.165) is 0 Å². The Morgan fingerprint density at radius 2 is 1.68 bits per heavy atom. The average Bonchev–Trinajstić information content (AvgIpc) is 2.38. The molecule has 0 heterocycles. The first-order valence-corrected chi connectivity index (χ1v) is 5.63. The monoisotopic (exact) mass is 337 g/mol. The van der Waals surface area contributed by atoms with E-state index < -0.39 is 28.6 Å². The van der Waals surface area contributed by atoms with Gasteiger partial charge in [-0.1, -0.05) is 0 Å². The van der Waals surface area contributed by atoms with Crippen molar-refractivity contribution in [1.29, 1.82) is 0 Å². The summed E-state index contributed by atoms with van der Waals surface area (Å²) in [5.74, 6) is -0.912. The molecule has 0 saturated carbocycles. The highest BCUT2D eigenvalue weighted by molar-refractivity contribution is 9.10. The van der Waals surface area contributed by atoms with Gasteiger partial charge >= 0.3 is 10.4 Å². The molecule has 0 aromatic heterocycles. The van der Waals surface area contributed by atoms with Gasteiger partial charge in [0.15, 0.2) is 0 Å². The number of carboxylic acid groups (broad SMARTS) is 1. The fourth-order valence-electron chi connectivity index (χ4n) is 0.769. The van der Waals surface area contributed by atoms with Crippen molar-refractivity contribution < 1.29 is 30.1 Å². The van der Waals surface area contributed by atoms with E-state index in [1.165, 1.54) is 24.3 Å². The summed E-state index contributed by atoms with van der Waals surface area (Å²) < 4.78 is -1.77. The van der Waals surface area contributed by atoms with Gasteiger partial charge in [-0.3, -0.25) is 10.1 Å². The van der Waals surface area contributed by atoms with Gasteiger partial charge in [-0.25, -0.2) is 4.79 Å². The molecule has 1 rings (SSSR count). The third-order valence-corrected chi connectivity index (χ3v) is 2.72. The van der Waals surface area contributed by atoms with Gasteiger partial charge in [-0.2, -0.15) is 0 Å². The van der Waals surface area contributed by atoms with E-state index in [-0.39, 0.29) is 11.3 Å². The van der Waals surface area contributed by atoms with E-state index in [1.807, 2.05) is 0 Å². The Bertz CT molecular complexity index is 430. The van der Waals surface area contributed by atoms with Gasteiger partial charge in [-0.05, 0) is 24.3 Å². The van der Waals surface area contributed by atoms with Crippen LogP contribution in [-0.2, 0) is 0 Å². The molecular formula is C10H12BrNO7. The maximum atomic E-state index is 10.2. The standard InChI is InChI=1S/C7H6O3.C3H6BrNO4/c8-6-3-1-5(2-4-6)7(9)10;4-3(1-6,2-7)5(8)9/h1-4,8H,(H,9,10);6-7H,1-2H2. The number of hydrogen-bond acceptors (Lipinski definition) is 6. The summed E-state index contributed by atoms with van der Waals surface area (Å²) in [6, 6.07) is 5.36. The van der Waals surface area contributed by atoms with E-state index in [2.05, 4.69) is 15.9 Å². The quantitative estimate of drug-likeness (QED) is 0.270. The van der Waals surface area contributed by atoms with Crippen molar-refractivity contribution in [3.63, 3.8) is 0 Å². The number of phenols is 1. The molecule has 0 fully saturated rings. The molecular weight excluding hydrogens is 326 g/mol. The number of nitrogens with zero attached hydrogens (tertiary/aromatic N) is 1. The first-order chi connectivity index (χ1) is 8.76. The molecule has 19 heavy (non-hydrogen) atoms. The molecule has 0 saturated heterocycles. The van der Waals surface area contributed by atoms with E-state index in [4.69, 9.17) is 20.4 Å². The fraction of sp³-hybridized carbons (Fsp3) is 0.300. The predicted octanol–water partition coefficient (Wildman–Crippen LogP) is 0.429. The highest BCUT2D eigenvalue weighted by Crippen LogP contribution is 2.16. The summed E-state index contributed by atoms with van der Waals surface area (Å²) in [6.07, 6.45) is 0. The summed E-state index contributed by atoms with van der Waals surface area (Å²) in [5, 5.41) is 43.7. The van der Waals surface area contributed by atoms with Crippen LogP contribution in [0.4, 0.5) is 0 Å². The van der Waals surface area contributed by atoms with Crippen LogP contribution >= 0.6 is 15.9 Å². The van der Waals surface area contributed by atoms with Gasteiger partial charge in [0, 0.05) is 20.9 Å². The number of benzene rings is 1. The van der Waals surface area contributed by atoms with Gasteiger partial charge < -0.3 is 20.4 Å². The molecule has 0 aliphatic carbocycles. The van der Waals surface area contributed by atoms with E-state index in [0.29, 0.717) is 0 Å². The minimum Gasteiger partial charge on any atom is -0.508 e. The molecule has 106 valence electrons. The lowest BCUT2D eigenvalue weighted by atomic mass is 10.2. The third kappa shape index (κ3) is 5.64. The van der Waals surface area contributed by atoms with Crippen LogP contribution in [0.2, 0.25) is 0 Å². The van der Waals surface area contributed by atoms with Crippen LogP contribution in [0.5, 0.6) is 5.75 Å². The third-order valence-electron chi connectivity index (χ3n) is 1.93. The summed E-state index contributed by atoms with van der Waals surface area (Å²) in [7, 11) is 0. The van der Waals surface area contributed by atoms with Crippen LogP contribution in [0.15, 0.2) is 24.3 Å². The lowest BCUT2D eigenvalue weighted by Crippen LogP contribution is -2.39. The zero-order valence-electron chi connectivity index (χ0n) is 9.56. The van der Waals surface area contributed by atoms with Crippen LogP contribution in [0.3, 0.4) is 0 Å². The number of aromatic hydroxyl groups is 1. The van der Waals surface area contributed by atoms with E-state index in [9.17, 15) is 14.9 Å². The number of alkyl halides is 1. The summed E-state index contributed by atoms with van der Waals surface area (Å²) in [6.45, 7) is -1.45. The highest BCUT2D eigenvalue weighted by Gasteiger charge is 2.38.